The molecule has 0 radical (unpaired) electrons. The lowest BCUT2D eigenvalue weighted by molar-refractivity contribution is -0.138. The van der Waals surface area contributed by atoms with E-state index in [4.69, 9.17) is 0 Å². The fourth-order valence-corrected chi connectivity index (χ4v) is 6.03. The zero-order valence-corrected chi connectivity index (χ0v) is 20.0. The summed E-state index contributed by atoms with van der Waals surface area (Å²) in [6.07, 6.45) is 3.28. The van der Waals surface area contributed by atoms with Gasteiger partial charge in [0.25, 0.3) is 10.0 Å². The van der Waals surface area contributed by atoms with Crippen LogP contribution in [0.4, 0.5) is 0 Å². The van der Waals surface area contributed by atoms with E-state index in [0.717, 1.165) is 30.4 Å². The van der Waals surface area contributed by atoms with Gasteiger partial charge >= 0.3 is 5.97 Å². The number of carboxylic acids is 1. The Hall–Kier alpha value is -2.48. The summed E-state index contributed by atoms with van der Waals surface area (Å²) in [7, 11) is -3.69. The van der Waals surface area contributed by atoms with Crippen LogP contribution in [0.15, 0.2) is 70.3 Å². The van der Waals surface area contributed by atoms with Gasteiger partial charge in [0.2, 0.25) is 0 Å². The van der Waals surface area contributed by atoms with Crippen LogP contribution in [0, 0.1) is 0 Å². The molecule has 0 spiro atoms. The normalized spacial score (nSPS) is 12.7. The van der Waals surface area contributed by atoms with Crippen LogP contribution in [0.2, 0.25) is 0 Å². The van der Waals surface area contributed by atoms with Crippen LogP contribution in [0.5, 0.6) is 0 Å². The number of carbonyl (C=O) groups is 1. The Labute approximate surface area is 194 Å². The third-order valence-electron chi connectivity index (χ3n) is 5.47. The van der Waals surface area contributed by atoms with Gasteiger partial charge in [0, 0.05) is 13.1 Å². The van der Waals surface area contributed by atoms with Gasteiger partial charge in [-0.1, -0.05) is 67.9 Å². The van der Waals surface area contributed by atoms with E-state index in [9.17, 15) is 18.3 Å². The number of thiophene rings is 1. The molecule has 3 rings (SSSR count). The molecule has 1 aromatic heterocycles. The molecule has 7 heteroatoms. The monoisotopic (exact) mass is 471 g/mol. The Kier molecular flexibility index (Phi) is 8.23. The summed E-state index contributed by atoms with van der Waals surface area (Å²) in [5.41, 5.74) is 3.58. The molecule has 1 unspecified atom stereocenters. The first-order valence-corrected chi connectivity index (χ1v) is 13.1. The summed E-state index contributed by atoms with van der Waals surface area (Å²) in [6.45, 7) is 4.20. The smallest absolute Gasteiger partial charge is 0.310 e. The highest BCUT2D eigenvalue weighted by Crippen LogP contribution is 2.26. The van der Waals surface area contributed by atoms with Crippen LogP contribution in [-0.4, -0.2) is 23.8 Å². The van der Waals surface area contributed by atoms with Crippen molar-refractivity contribution in [3.63, 3.8) is 0 Å². The van der Waals surface area contributed by atoms with E-state index < -0.39 is 21.9 Å². The summed E-state index contributed by atoms with van der Waals surface area (Å²) in [5, 5.41) is 11.1. The Morgan fingerprint density at radius 1 is 1.00 bits per heavy atom. The molecule has 3 aromatic rings. The Balaban J connectivity index is 1.88. The number of benzene rings is 2. The molecular formula is C25H29NO4S2. The molecule has 0 saturated carbocycles. The van der Waals surface area contributed by atoms with Gasteiger partial charge in [-0.3, -0.25) is 4.79 Å². The zero-order valence-electron chi connectivity index (χ0n) is 18.4. The minimum atomic E-state index is -3.69. The zero-order chi connectivity index (χ0) is 23.1. The van der Waals surface area contributed by atoms with Gasteiger partial charge in [0.15, 0.2) is 0 Å². The fraction of sp³-hybridized carbons (Fsp3) is 0.320. The average molecular weight is 472 g/mol. The average Bonchev–Trinajstić information content (AvgIpc) is 3.34. The van der Waals surface area contributed by atoms with Crippen molar-refractivity contribution >= 4 is 27.3 Å². The first kappa shape index (κ1) is 24.2. The largest absolute Gasteiger partial charge is 0.481 e. The van der Waals surface area contributed by atoms with Crippen LogP contribution >= 0.6 is 11.3 Å². The topological polar surface area (TPSA) is 74.7 Å². The number of sulfonamides is 1. The predicted molar refractivity (Wildman–Crippen MR) is 128 cm³/mol. The summed E-state index contributed by atoms with van der Waals surface area (Å²) < 4.78 is 28.5. The van der Waals surface area contributed by atoms with E-state index >= 15 is 0 Å². The standard InChI is InChI=1S/C25H29NO4S2/c1-3-4-7-20-11-13-21(14-12-20)17-26(32(29,30)24-10-6-15-31-24)18-22-8-5-9-23(16-22)19(2)25(27)28/h5-6,8-16,19H,3-4,7,17-18H2,1-2H3,(H,27,28). The van der Waals surface area contributed by atoms with Crippen molar-refractivity contribution < 1.29 is 18.3 Å². The summed E-state index contributed by atoms with van der Waals surface area (Å²) >= 11 is 1.20. The van der Waals surface area contributed by atoms with Gasteiger partial charge < -0.3 is 5.11 Å². The number of nitrogens with zero attached hydrogens (tertiary/aromatic N) is 1. The molecule has 0 amide bonds. The van der Waals surface area contributed by atoms with Crippen molar-refractivity contribution in [1.82, 2.24) is 4.31 Å². The van der Waals surface area contributed by atoms with E-state index in [-0.39, 0.29) is 13.1 Å². The number of carboxylic acid groups (broad SMARTS) is 1. The third-order valence-corrected chi connectivity index (χ3v) is 8.64. The molecule has 0 aliphatic rings. The molecule has 0 fully saturated rings. The number of hydrogen-bond acceptors (Lipinski definition) is 4. The van der Waals surface area contributed by atoms with E-state index in [1.807, 2.05) is 18.2 Å². The SMILES string of the molecule is CCCCc1ccc(CN(Cc2cccc(C(C)C(=O)O)c2)S(=O)(=O)c2cccs2)cc1. The molecular weight excluding hydrogens is 442 g/mol. The first-order chi connectivity index (χ1) is 15.3. The number of rotatable bonds is 11. The second kappa shape index (κ2) is 10.9. The maximum absolute atomic E-state index is 13.4. The molecule has 0 aliphatic heterocycles. The lowest BCUT2D eigenvalue weighted by atomic mass is 9.99. The minimum absolute atomic E-state index is 0.165. The fourth-order valence-electron chi connectivity index (χ4n) is 3.47. The van der Waals surface area contributed by atoms with Crippen molar-refractivity contribution in [1.29, 1.82) is 0 Å². The molecule has 5 nitrogen and oxygen atoms in total. The van der Waals surface area contributed by atoms with Gasteiger partial charge in [-0.15, -0.1) is 11.3 Å². The van der Waals surface area contributed by atoms with Gasteiger partial charge in [-0.05, 0) is 53.5 Å². The Morgan fingerprint density at radius 3 is 2.31 bits per heavy atom. The highest BCUT2D eigenvalue weighted by atomic mass is 32.2. The molecule has 2 aromatic carbocycles. The number of aliphatic carboxylic acids is 1. The van der Waals surface area contributed by atoms with E-state index in [1.165, 1.54) is 21.2 Å². The first-order valence-electron chi connectivity index (χ1n) is 10.7. The van der Waals surface area contributed by atoms with Crippen molar-refractivity contribution in [3.8, 4) is 0 Å². The molecule has 0 bridgehead atoms. The number of aryl methyl sites for hydroxylation is 1. The second-order valence-corrected chi connectivity index (χ2v) is 11.0. The maximum atomic E-state index is 13.4. The number of unbranched alkanes of at least 4 members (excludes halogenated alkanes) is 1. The van der Waals surface area contributed by atoms with Gasteiger partial charge in [0.05, 0.1) is 5.92 Å². The molecule has 32 heavy (non-hydrogen) atoms. The van der Waals surface area contributed by atoms with Gasteiger partial charge in [0.1, 0.15) is 4.21 Å². The third kappa shape index (κ3) is 6.06. The lowest BCUT2D eigenvalue weighted by Gasteiger charge is -2.22. The molecule has 0 aliphatic carbocycles. The predicted octanol–water partition coefficient (Wildman–Crippen LogP) is 5.67. The van der Waals surface area contributed by atoms with Crippen molar-refractivity contribution in [2.24, 2.45) is 0 Å². The quantitative estimate of drug-likeness (QED) is 0.391. The van der Waals surface area contributed by atoms with E-state index in [0.29, 0.717) is 9.77 Å². The summed E-state index contributed by atoms with van der Waals surface area (Å²) in [4.78, 5) is 11.4. The molecule has 170 valence electrons. The lowest BCUT2D eigenvalue weighted by Crippen LogP contribution is -2.29. The second-order valence-electron chi connectivity index (χ2n) is 7.93. The van der Waals surface area contributed by atoms with Crippen LogP contribution in [0.1, 0.15) is 54.9 Å². The van der Waals surface area contributed by atoms with Crippen LogP contribution in [-0.2, 0) is 34.3 Å². The van der Waals surface area contributed by atoms with Gasteiger partial charge in [-0.25, -0.2) is 8.42 Å². The highest BCUT2D eigenvalue weighted by molar-refractivity contribution is 7.91. The summed E-state index contributed by atoms with van der Waals surface area (Å²) in [5.74, 6) is -1.57. The van der Waals surface area contributed by atoms with E-state index in [2.05, 4.69) is 19.1 Å². The van der Waals surface area contributed by atoms with Crippen LogP contribution in [0.3, 0.4) is 0 Å². The highest BCUT2D eigenvalue weighted by Gasteiger charge is 2.26. The van der Waals surface area contributed by atoms with Gasteiger partial charge in [-0.2, -0.15) is 4.31 Å². The molecule has 0 saturated heterocycles. The molecule has 1 heterocycles. The van der Waals surface area contributed by atoms with Crippen LogP contribution in [0.25, 0.3) is 0 Å². The van der Waals surface area contributed by atoms with Crippen molar-refractivity contribution in [2.75, 3.05) is 0 Å². The maximum Gasteiger partial charge on any atom is 0.310 e. The van der Waals surface area contributed by atoms with Crippen molar-refractivity contribution in [3.05, 3.63) is 88.3 Å². The molecule has 1 N–H and O–H groups in total. The number of hydrogen-bond donors (Lipinski definition) is 1. The van der Waals surface area contributed by atoms with Crippen LogP contribution < -0.4 is 0 Å². The minimum Gasteiger partial charge on any atom is -0.481 e. The Morgan fingerprint density at radius 2 is 1.69 bits per heavy atom. The van der Waals surface area contributed by atoms with Crippen molar-refractivity contribution in [2.45, 2.75) is 56.3 Å². The van der Waals surface area contributed by atoms with E-state index in [1.54, 1.807) is 42.6 Å². The molecule has 1 atom stereocenters. The Bertz CT molecular complexity index is 1120. The summed E-state index contributed by atoms with van der Waals surface area (Å²) in [6, 6.07) is 18.6.